The summed E-state index contributed by atoms with van der Waals surface area (Å²) in [4.78, 5) is 6.68. The Kier molecular flexibility index (Phi) is 7.13. The van der Waals surface area contributed by atoms with Gasteiger partial charge in [0.25, 0.3) is 0 Å². The zero-order valence-corrected chi connectivity index (χ0v) is 14.1. The number of halogens is 2. The maximum atomic E-state index is 6.29. The van der Waals surface area contributed by atoms with Crippen LogP contribution in [0.4, 0.5) is 0 Å². The van der Waals surface area contributed by atoms with Crippen LogP contribution in [-0.2, 0) is 17.8 Å². The number of aromatic nitrogens is 1. The summed E-state index contributed by atoms with van der Waals surface area (Å²) in [6, 6.07) is 11.6. The largest absolute Gasteiger partial charge is 0.385 e. The van der Waals surface area contributed by atoms with Gasteiger partial charge in [0.1, 0.15) is 0 Å². The number of methoxy groups -OCH3 is 1. The zero-order chi connectivity index (χ0) is 15.8. The smallest absolute Gasteiger partial charge is 0.0544 e. The molecule has 1 aromatic carbocycles. The molecular weight excluding hydrogens is 319 g/mol. The van der Waals surface area contributed by atoms with Gasteiger partial charge in [-0.15, -0.1) is 0 Å². The number of hydrogen-bond donors (Lipinski definition) is 0. The standard InChI is InChI=1S/C17H20Cl2N2O/c1-22-11-5-10-21(12-14-6-2-3-9-20-14)13-15-16(18)7-4-8-17(15)19/h2-4,6-9H,5,10-13H2,1H3. The molecule has 22 heavy (non-hydrogen) atoms. The molecule has 1 heterocycles. The van der Waals surface area contributed by atoms with Crippen LogP contribution in [0.25, 0.3) is 0 Å². The lowest BCUT2D eigenvalue weighted by atomic mass is 10.2. The molecule has 2 rings (SSSR count). The molecular formula is C17H20Cl2N2O. The van der Waals surface area contributed by atoms with Gasteiger partial charge >= 0.3 is 0 Å². The van der Waals surface area contributed by atoms with Crippen molar-refractivity contribution in [2.24, 2.45) is 0 Å². The van der Waals surface area contributed by atoms with Gasteiger partial charge in [0.15, 0.2) is 0 Å². The fourth-order valence-corrected chi connectivity index (χ4v) is 2.79. The Morgan fingerprint density at radius 3 is 2.45 bits per heavy atom. The summed E-state index contributed by atoms with van der Waals surface area (Å²) in [5.41, 5.74) is 1.99. The minimum atomic E-state index is 0.693. The van der Waals surface area contributed by atoms with E-state index < -0.39 is 0 Å². The molecule has 0 amide bonds. The SMILES string of the molecule is COCCCN(Cc1ccccn1)Cc1c(Cl)cccc1Cl. The Morgan fingerprint density at radius 2 is 1.82 bits per heavy atom. The Labute approximate surface area is 141 Å². The molecule has 118 valence electrons. The van der Waals surface area contributed by atoms with E-state index in [4.69, 9.17) is 27.9 Å². The second-order valence-corrected chi connectivity index (χ2v) is 5.89. The maximum absolute atomic E-state index is 6.29. The van der Waals surface area contributed by atoms with E-state index in [1.807, 2.05) is 42.6 Å². The number of hydrogen-bond acceptors (Lipinski definition) is 3. The number of pyridine rings is 1. The lowest BCUT2D eigenvalue weighted by Crippen LogP contribution is -2.25. The van der Waals surface area contributed by atoms with Crippen molar-refractivity contribution in [3.8, 4) is 0 Å². The highest BCUT2D eigenvalue weighted by Gasteiger charge is 2.12. The maximum Gasteiger partial charge on any atom is 0.0544 e. The van der Waals surface area contributed by atoms with E-state index in [0.717, 1.165) is 37.4 Å². The third-order valence-electron chi connectivity index (χ3n) is 3.38. The number of rotatable bonds is 8. The lowest BCUT2D eigenvalue weighted by Gasteiger charge is -2.23. The van der Waals surface area contributed by atoms with E-state index in [-0.39, 0.29) is 0 Å². The van der Waals surface area contributed by atoms with Crippen molar-refractivity contribution in [2.75, 3.05) is 20.3 Å². The molecule has 1 aromatic heterocycles. The van der Waals surface area contributed by atoms with Crippen molar-refractivity contribution < 1.29 is 4.74 Å². The summed E-state index contributed by atoms with van der Waals surface area (Å²) >= 11 is 12.6. The molecule has 0 aliphatic carbocycles. The average Bonchev–Trinajstić information content (AvgIpc) is 2.52. The van der Waals surface area contributed by atoms with Crippen LogP contribution in [0, 0.1) is 0 Å². The first-order valence-corrected chi connectivity index (χ1v) is 8.00. The van der Waals surface area contributed by atoms with Gasteiger partial charge in [0, 0.05) is 55.2 Å². The summed E-state index contributed by atoms with van der Waals surface area (Å²) in [6.07, 6.45) is 2.76. The molecule has 2 aromatic rings. The van der Waals surface area contributed by atoms with Crippen LogP contribution in [0.1, 0.15) is 17.7 Å². The molecule has 0 atom stereocenters. The van der Waals surface area contributed by atoms with Crippen LogP contribution >= 0.6 is 23.2 Å². The van der Waals surface area contributed by atoms with Crippen LogP contribution in [0.2, 0.25) is 10.0 Å². The molecule has 0 N–H and O–H groups in total. The fourth-order valence-electron chi connectivity index (χ4n) is 2.27. The fraction of sp³-hybridized carbons (Fsp3) is 0.353. The van der Waals surface area contributed by atoms with Gasteiger partial charge in [-0.2, -0.15) is 0 Å². The minimum Gasteiger partial charge on any atom is -0.385 e. The molecule has 0 unspecified atom stereocenters. The predicted octanol–water partition coefficient (Wildman–Crippen LogP) is 4.43. The summed E-state index contributed by atoms with van der Waals surface area (Å²) in [5, 5.41) is 1.40. The Bertz CT molecular complexity index is 558. The first-order valence-electron chi connectivity index (χ1n) is 7.25. The summed E-state index contributed by atoms with van der Waals surface area (Å²) in [7, 11) is 1.72. The zero-order valence-electron chi connectivity index (χ0n) is 12.6. The average molecular weight is 339 g/mol. The van der Waals surface area contributed by atoms with Crippen molar-refractivity contribution in [3.05, 3.63) is 63.9 Å². The Morgan fingerprint density at radius 1 is 1.05 bits per heavy atom. The van der Waals surface area contributed by atoms with Gasteiger partial charge in [-0.3, -0.25) is 9.88 Å². The molecule has 0 aliphatic heterocycles. The Hall–Kier alpha value is -1.13. The highest BCUT2D eigenvalue weighted by atomic mass is 35.5. The third-order valence-corrected chi connectivity index (χ3v) is 4.09. The van der Waals surface area contributed by atoms with Crippen molar-refractivity contribution in [2.45, 2.75) is 19.5 Å². The first kappa shape index (κ1) is 17.2. The summed E-state index contributed by atoms with van der Waals surface area (Å²) in [6.45, 7) is 3.08. The molecule has 0 fully saturated rings. The van der Waals surface area contributed by atoms with E-state index in [0.29, 0.717) is 16.6 Å². The highest BCUT2D eigenvalue weighted by molar-refractivity contribution is 6.35. The van der Waals surface area contributed by atoms with Gasteiger partial charge < -0.3 is 4.74 Å². The normalized spacial score (nSPS) is 11.1. The van der Waals surface area contributed by atoms with Crippen LogP contribution in [0.3, 0.4) is 0 Å². The van der Waals surface area contributed by atoms with E-state index in [9.17, 15) is 0 Å². The third kappa shape index (κ3) is 5.25. The number of benzene rings is 1. The molecule has 0 saturated heterocycles. The van der Waals surface area contributed by atoms with Crippen LogP contribution < -0.4 is 0 Å². The molecule has 5 heteroatoms. The predicted molar refractivity (Wildman–Crippen MR) is 91.3 cm³/mol. The number of nitrogens with zero attached hydrogens (tertiary/aromatic N) is 2. The van der Waals surface area contributed by atoms with Crippen molar-refractivity contribution >= 4 is 23.2 Å². The van der Waals surface area contributed by atoms with Crippen molar-refractivity contribution in [3.63, 3.8) is 0 Å². The molecule has 0 aliphatic rings. The highest BCUT2D eigenvalue weighted by Crippen LogP contribution is 2.26. The van der Waals surface area contributed by atoms with Gasteiger partial charge in [-0.25, -0.2) is 0 Å². The first-order chi connectivity index (χ1) is 10.7. The molecule has 0 radical (unpaired) electrons. The van der Waals surface area contributed by atoms with Gasteiger partial charge in [-0.1, -0.05) is 35.3 Å². The molecule has 0 saturated carbocycles. The van der Waals surface area contributed by atoms with Crippen LogP contribution in [0.15, 0.2) is 42.6 Å². The van der Waals surface area contributed by atoms with Crippen LogP contribution in [-0.4, -0.2) is 30.1 Å². The van der Waals surface area contributed by atoms with Crippen LogP contribution in [0.5, 0.6) is 0 Å². The summed E-state index contributed by atoms with van der Waals surface area (Å²) < 4.78 is 5.15. The summed E-state index contributed by atoms with van der Waals surface area (Å²) in [5.74, 6) is 0. The van der Waals surface area contributed by atoms with Crippen molar-refractivity contribution in [1.29, 1.82) is 0 Å². The molecule has 0 spiro atoms. The minimum absolute atomic E-state index is 0.693. The number of ether oxygens (including phenoxy) is 1. The quantitative estimate of drug-likeness (QED) is 0.666. The van der Waals surface area contributed by atoms with Crippen molar-refractivity contribution in [1.82, 2.24) is 9.88 Å². The molecule has 3 nitrogen and oxygen atoms in total. The van der Waals surface area contributed by atoms with Gasteiger partial charge in [0.2, 0.25) is 0 Å². The van der Waals surface area contributed by atoms with Gasteiger partial charge in [0.05, 0.1) is 5.69 Å². The second kappa shape index (κ2) is 9.11. The molecule has 0 bridgehead atoms. The van der Waals surface area contributed by atoms with E-state index in [1.54, 1.807) is 7.11 Å². The Balaban J connectivity index is 2.10. The van der Waals surface area contributed by atoms with E-state index >= 15 is 0 Å². The lowest BCUT2D eigenvalue weighted by molar-refractivity contribution is 0.166. The van der Waals surface area contributed by atoms with E-state index in [2.05, 4.69) is 9.88 Å². The topological polar surface area (TPSA) is 25.4 Å². The van der Waals surface area contributed by atoms with Gasteiger partial charge in [-0.05, 0) is 30.7 Å². The second-order valence-electron chi connectivity index (χ2n) is 5.08. The van der Waals surface area contributed by atoms with E-state index in [1.165, 1.54) is 0 Å². The monoisotopic (exact) mass is 338 g/mol.